The molecule has 2 heterocycles. The lowest BCUT2D eigenvalue weighted by Gasteiger charge is -2.09. The van der Waals surface area contributed by atoms with Crippen molar-refractivity contribution in [2.24, 2.45) is 0 Å². The third kappa shape index (κ3) is 1.84. The van der Waals surface area contributed by atoms with E-state index in [1.54, 1.807) is 6.20 Å². The third-order valence-electron chi connectivity index (χ3n) is 2.51. The van der Waals surface area contributed by atoms with Crippen LogP contribution in [0.3, 0.4) is 0 Å². The molecule has 0 radical (unpaired) electrons. The maximum absolute atomic E-state index is 9.29. The molecule has 0 aromatic carbocycles. The number of hydrogen-bond donors (Lipinski definition) is 1. The Hall–Kier alpha value is -1.68. The van der Waals surface area contributed by atoms with Crippen LogP contribution >= 0.6 is 0 Å². The summed E-state index contributed by atoms with van der Waals surface area (Å²) in [6.45, 7) is 5.85. The summed E-state index contributed by atoms with van der Waals surface area (Å²) < 4.78 is 1.84. The van der Waals surface area contributed by atoms with Crippen molar-refractivity contribution in [1.29, 1.82) is 0 Å². The minimum absolute atomic E-state index is 0.0268. The number of hydrogen-bond acceptors (Lipinski definition) is 3. The molecule has 0 aliphatic heterocycles. The zero-order valence-corrected chi connectivity index (χ0v) is 9.73. The van der Waals surface area contributed by atoms with Crippen LogP contribution in [0.4, 0.5) is 0 Å². The molecule has 4 heteroatoms. The summed E-state index contributed by atoms with van der Waals surface area (Å²) in [5.41, 5.74) is 4.63. The molecule has 16 heavy (non-hydrogen) atoms. The van der Waals surface area contributed by atoms with E-state index in [1.807, 2.05) is 37.6 Å². The minimum Gasteiger partial charge on any atom is -0.392 e. The maximum Gasteiger partial charge on any atom is 0.0737 e. The first-order chi connectivity index (χ1) is 7.61. The molecule has 0 atom stereocenters. The van der Waals surface area contributed by atoms with Crippen LogP contribution in [0.15, 0.2) is 18.3 Å². The van der Waals surface area contributed by atoms with Gasteiger partial charge in [0, 0.05) is 23.1 Å². The molecule has 0 spiro atoms. The average molecular weight is 217 g/mol. The molecular formula is C12H15N3O. The number of aliphatic hydroxyl groups excluding tert-OH is 1. The van der Waals surface area contributed by atoms with Gasteiger partial charge in [-0.1, -0.05) is 0 Å². The Labute approximate surface area is 94.6 Å². The molecule has 0 fully saturated rings. The summed E-state index contributed by atoms with van der Waals surface area (Å²) in [6, 6.07) is 3.95. The van der Waals surface area contributed by atoms with Gasteiger partial charge >= 0.3 is 0 Å². The van der Waals surface area contributed by atoms with Crippen molar-refractivity contribution in [2.45, 2.75) is 27.4 Å². The molecule has 0 saturated carbocycles. The van der Waals surface area contributed by atoms with Gasteiger partial charge in [0.2, 0.25) is 0 Å². The standard InChI is InChI=1S/C12H15N3O/c1-8-5-12(11(7-16)6-13-8)15-10(3)4-9(2)14-15/h4-6,16H,7H2,1-3H3. The lowest BCUT2D eigenvalue weighted by molar-refractivity contribution is 0.280. The van der Waals surface area contributed by atoms with Crippen LogP contribution < -0.4 is 0 Å². The molecule has 0 aliphatic rings. The first-order valence-electron chi connectivity index (χ1n) is 5.22. The van der Waals surface area contributed by atoms with E-state index in [2.05, 4.69) is 10.1 Å². The fourth-order valence-corrected chi connectivity index (χ4v) is 1.77. The van der Waals surface area contributed by atoms with Crippen molar-refractivity contribution >= 4 is 0 Å². The van der Waals surface area contributed by atoms with Crippen LogP contribution in [0.5, 0.6) is 0 Å². The van der Waals surface area contributed by atoms with Crippen LogP contribution in [0.25, 0.3) is 5.69 Å². The average Bonchev–Trinajstić information content (AvgIpc) is 2.57. The van der Waals surface area contributed by atoms with Gasteiger partial charge in [-0.05, 0) is 32.9 Å². The van der Waals surface area contributed by atoms with E-state index in [-0.39, 0.29) is 6.61 Å². The maximum atomic E-state index is 9.29. The van der Waals surface area contributed by atoms with Crippen LogP contribution in [-0.2, 0) is 6.61 Å². The van der Waals surface area contributed by atoms with Crippen LogP contribution in [-0.4, -0.2) is 19.9 Å². The quantitative estimate of drug-likeness (QED) is 0.832. The molecule has 2 aromatic rings. The van der Waals surface area contributed by atoms with E-state index in [1.165, 1.54) is 0 Å². The smallest absolute Gasteiger partial charge is 0.0737 e. The first kappa shape index (κ1) is 10.8. The van der Waals surface area contributed by atoms with Crippen molar-refractivity contribution in [1.82, 2.24) is 14.8 Å². The Morgan fingerprint density at radius 2 is 1.94 bits per heavy atom. The first-order valence-corrected chi connectivity index (χ1v) is 5.22. The highest BCUT2D eigenvalue weighted by Gasteiger charge is 2.09. The van der Waals surface area contributed by atoms with Gasteiger partial charge < -0.3 is 5.11 Å². The molecule has 0 amide bonds. The van der Waals surface area contributed by atoms with Gasteiger partial charge in [-0.15, -0.1) is 0 Å². The zero-order valence-electron chi connectivity index (χ0n) is 9.73. The second-order valence-electron chi connectivity index (χ2n) is 3.95. The molecule has 0 unspecified atom stereocenters. The predicted octanol–water partition coefficient (Wildman–Crippen LogP) is 1.68. The van der Waals surface area contributed by atoms with Crippen molar-refractivity contribution in [2.75, 3.05) is 0 Å². The van der Waals surface area contributed by atoms with Crippen LogP contribution in [0.2, 0.25) is 0 Å². The molecule has 0 saturated heterocycles. The fraction of sp³-hybridized carbons (Fsp3) is 0.333. The van der Waals surface area contributed by atoms with Gasteiger partial charge in [0.15, 0.2) is 0 Å². The second kappa shape index (κ2) is 4.06. The highest BCUT2D eigenvalue weighted by atomic mass is 16.3. The Morgan fingerprint density at radius 3 is 2.50 bits per heavy atom. The van der Waals surface area contributed by atoms with Crippen molar-refractivity contribution < 1.29 is 5.11 Å². The third-order valence-corrected chi connectivity index (χ3v) is 2.51. The molecule has 2 aromatic heterocycles. The number of aryl methyl sites for hydroxylation is 3. The van der Waals surface area contributed by atoms with Crippen molar-refractivity contribution in [3.05, 3.63) is 41.0 Å². The Kier molecular flexibility index (Phi) is 2.75. The molecular weight excluding hydrogens is 202 g/mol. The van der Waals surface area contributed by atoms with Crippen molar-refractivity contribution in [3.63, 3.8) is 0 Å². The Morgan fingerprint density at radius 1 is 1.19 bits per heavy atom. The zero-order chi connectivity index (χ0) is 11.7. The summed E-state index contributed by atoms with van der Waals surface area (Å²) in [4.78, 5) is 4.17. The lowest BCUT2D eigenvalue weighted by Crippen LogP contribution is -2.05. The molecule has 0 bridgehead atoms. The van der Waals surface area contributed by atoms with E-state index in [0.717, 1.165) is 28.3 Å². The van der Waals surface area contributed by atoms with Gasteiger partial charge in [-0.25, -0.2) is 4.68 Å². The largest absolute Gasteiger partial charge is 0.392 e. The molecule has 2 rings (SSSR count). The van der Waals surface area contributed by atoms with Crippen LogP contribution in [0, 0.1) is 20.8 Å². The second-order valence-corrected chi connectivity index (χ2v) is 3.95. The Bertz CT molecular complexity index is 517. The SMILES string of the molecule is Cc1cc(-n2nc(C)cc2C)c(CO)cn1. The van der Waals surface area contributed by atoms with Gasteiger partial charge in [0.1, 0.15) is 0 Å². The summed E-state index contributed by atoms with van der Waals surface area (Å²) in [6.07, 6.45) is 1.70. The van der Waals surface area contributed by atoms with Crippen LogP contribution in [0.1, 0.15) is 22.6 Å². The predicted molar refractivity (Wildman–Crippen MR) is 61.5 cm³/mol. The van der Waals surface area contributed by atoms with E-state index in [9.17, 15) is 5.11 Å². The van der Waals surface area contributed by atoms with E-state index < -0.39 is 0 Å². The van der Waals surface area contributed by atoms with Gasteiger partial charge in [0.25, 0.3) is 0 Å². The summed E-state index contributed by atoms with van der Waals surface area (Å²) >= 11 is 0. The van der Waals surface area contributed by atoms with Gasteiger partial charge in [-0.3, -0.25) is 4.98 Å². The highest BCUT2D eigenvalue weighted by molar-refractivity contribution is 5.41. The number of aliphatic hydroxyl groups is 1. The number of nitrogens with zero attached hydrogens (tertiary/aromatic N) is 3. The fourth-order valence-electron chi connectivity index (χ4n) is 1.77. The molecule has 1 N–H and O–H groups in total. The Balaban J connectivity index is 2.62. The normalized spacial score (nSPS) is 10.8. The lowest BCUT2D eigenvalue weighted by atomic mass is 10.2. The van der Waals surface area contributed by atoms with Gasteiger partial charge in [-0.2, -0.15) is 5.10 Å². The molecule has 0 aliphatic carbocycles. The summed E-state index contributed by atoms with van der Waals surface area (Å²) in [7, 11) is 0. The van der Waals surface area contributed by atoms with Gasteiger partial charge in [0.05, 0.1) is 18.0 Å². The number of pyridine rings is 1. The summed E-state index contributed by atoms with van der Waals surface area (Å²) in [5, 5.41) is 13.7. The van der Waals surface area contributed by atoms with Crippen molar-refractivity contribution in [3.8, 4) is 5.69 Å². The van der Waals surface area contributed by atoms with E-state index >= 15 is 0 Å². The number of aromatic nitrogens is 3. The molecule has 4 nitrogen and oxygen atoms in total. The number of rotatable bonds is 2. The topological polar surface area (TPSA) is 50.9 Å². The van der Waals surface area contributed by atoms with E-state index in [0.29, 0.717) is 0 Å². The minimum atomic E-state index is -0.0268. The van der Waals surface area contributed by atoms with E-state index in [4.69, 9.17) is 0 Å². The monoisotopic (exact) mass is 217 g/mol. The molecule has 84 valence electrons. The summed E-state index contributed by atoms with van der Waals surface area (Å²) in [5.74, 6) is 0. The highest BCUT2D eigenvalue weighted by Crippen LogP contribution is 2.17.